The van der Waals surface area contributed by atoms with Crippen molar-refractivity contribution in [3.8, 4) is 0 Å². The summed E-state index contributed by atoms with van der Waals surface area (Å²) in [6, 6.07) is 14.4. The molecule has 1 aliphatic rings. The van der Waals surface area contributed by atoms with Crippen molar-refractivity contribution in [3.63, 3.8) is 0 Å². The fourth-order valence-electron chi connectivity index (χ4n) is 4.04. The quantitative estimate of drug-likeness (QED) is 0.361. The summed E-state index contributed by atoms with van der Waals surface area (Å²) in [5, 5.41) is 1.87. The fraction of sp³-hybridized carbons (Fsp3) is 0.304. The Hall–Kier alpha value is -1.69. The Kier molecular flexibility index (Phi) is 9.08. The fourth-order valence-corrected chi connectivity index (χ4v) is 4.17. The van der Waals surface area contributed by atoms with E-state index >= 15 is 0 Å². The van der Waals surface area contributed by atoms with Gasteiger partial charge in [0.05, 0.1) is 11.2 Å². The summed E-state index contributed by atoms with van der Waals surface area (Å²) < 4.78 is 0. The predicted octanol–water partition coefficient (Wildman–Crippen LogP) is 6.10. The second-order valence-electron chi connectivity index (χ2n) is 7.54. The van der Waals surface area contributed by atoms with E-state index in [0.29, 0.717) is 5.92 Å². The molecule has 2 unspecified atom stereocenters. The molecule has 2 atom stereocenters. The van der Waals surface area contributed by atoms with Gasteiger partial charge in [-0.25, -0.2) is 9.97 Å². The molecule has 0 aliphatic heterocycles. The number of fused-ring (bicyclic) bond motifs is 1. The number of benzene rings is 2. The highest BCUT2D eigenvalue weighted by Crippen LogP contribution is 2.35. The molecule has 160 valence electrons. The Labute approximate surface area is 195 Å². The summed E-state index contributed by atoms with van der Waals surface area (Å²) in [4.78, 5) is 9.76. The number of rotatable bonds is 4. The topological polar surface area (TPSA) is 63.8 Å². The molecule has 1 fully saturated rings. The van der Waals surface area contributed by atoms with E-state index in [0.717, 1.165) is 45.8 Å². The summed E-state index contributed by atoms with van der Waals surface area (Å²) in [5.74, 6) is 6.90. The molecule has 1 aliphatic carbocycles. The molecule has 0 radical (unpaired) electrons. The normalized spacial score (nSPS) is 18.8. The molecule has 3 aromatic rings. The van der Waals surface area contributed by atoms with Crippen molar-refractivity contribution in [2.45, 2.75) is 44.6 Å². The van der Waals surface area contributed by atoms with Crippen molar-refractivity contribution in [3.05, 3.63) is 70.1 Å². The highest BCUT2D eigenvalue weighted by Gasteiger charge is 2.28. The zero-order valence-electron chi connectivity index (χ0n) is 16.8. The first-order valence-electron chi connectivity index (χ1n) is 9.82. The standard InChI is InChI=1S/C23H25ClN4.2ClH/c1-15-6-12-20-19(14-15)23(18-4-2-3-5-21(18)28-25)27-22(26-20)13-9-16-7-10-17(24)11-8-16;;/h6-14,18,21,28H,2-5,25H2,1H3;2*1H/b13-9+;;. The molecule has 1 aromatic heterocycles. The number of hydrogen-bond acceptors (Lipinski definition) is 4. The Balaban J connectivity index is 0.00000160. The van der Waals surface area contributed by atoms with Crippen LogP contribution >= 0.6 is 36.4 Å². The van der Waals surface area contributed by atoms with Gasteiger partial charge in [0.25, 0.3) is 0 Å². The van der Waals surface area contributed by atoms with Gasteiger partial charge in [0.1, 0.15) is 0 Å². The molecule has 4 rings (SSSR count). The molecular weight excluding hydrogens is 439 g/mol. The third-order valence-electron chi connectivity index (χ3n) is 5.52. The minimum absolute atomic E-state index is 0. The molecule has 1 saturated carbocycles. The molecule has 0 amide bonds. The lowest BCUT2D eigenvalue weighted by molar-refractivity contribution is 0.328. The van der Waals surface area contributed by atoms with E-state index in [1.165, 1.54) is 18.4 Å². The molecule has 3 N–H and O–H groups in total. The lowest BCUT2D eigenvalue weighted by Crippen LogP contribution is -2.41. The Morgan fingerprint density at radius 2 is 1.73 bits per heavy atom. The second kappa shape index (κ2) is 11.1. The van der Waals surface area contributed by atoms with Gasteiger partial charge in [0.2, 0.25) is 0 Å². The van der Waals surface area contributed by atoms with Crippen LogP contribution in [0.15, 0.2) is 42.5 Å². The van der Waals surface area contributed by atoms with Crippen molar-refractivity contribution in [1.82, 2.24) is 15.4 Å². The largest absolute Gasteiger partial charge is 0.271 e. The van der Waals surface area contributed by atoms with Crippen LogP contribution in [-0.4, -0.2) is 16.0 Å². The number of aromatic nitrogens is 2. The van der Waals surface area contributed by atoms with E-state index in [4.69, 9.17) is 27.4 Å². The third kappa shape index (κ3) is 5.51. The van der Waals surface area contributed by atoms with E-state index in [9.17, 15) is 0 Å². The number of nitrogens with one attached hydrogen (secondary N) is 1. The highest BCUT2D eigenvalue weighted by atomic mass is 35.5. The van der Waals surface area contributed by atoms with Crippen molar-refractivity contribution >= 4 is 59.5 Å². The first-order chi connectivity index (χ1) is 13.6. The van der Waals surface area contributed by atoms with Crippen molar-refractivity contribution in [1.29, 1.82) is 0 Å². The Morgan fingerprint density at radius 3 is 2.47 bits per heavy atom. The van der Waals surface area contributed by atoms with Crippen LogP contribution in [0, 0.1) is 6.92 Å². The molecular formula is C23H27Cl3N4. The van der Waals surface area contributed by atoms with Gasteiger partial charge in [-0.2, -0.15) is 0 Å². The minimum atomic E-state index is 0. The van der Waals surface area contributed by atoms with Crippen LogP contribution in [0.5, 0.6) is 0 Å². The predicted molar refractivity (Wildman–Crippen MR) is 131 cm³/mol. The summed E-state index contributed by atoms with van der Waals surface area (Å²) >= 11 is 5.98. The SMILES string of the molecule is Cc1ccc2nc(/C=C/c3ccc(Cl)cc3)nc(C3CCCCC3NN)c2c1.Cl.Cl. The van der Waals surface area contributed by atoms with Crippen molar-refractivity contribution < 1.29 is 0 Å². The maximum atomic E-state index is 5.98. The van der Waals surface area contributed by atoms with Gasteiger partial charge < -0.3 is 0 Å². The molecule has 2 aromatic carbocycles. The van der Waals surface area contributed by atoms with Crippen LogP contribution in [0.4, 0.5) is 0 Å². The summed E-state index contributed by atoms with van der Waals surface area (Å²) in [6.45, 7) is 2.11. The number of hydrogen-bond donors (Lipinski definition) is 2. The summed E-state index contributed by atoms with van der Waals surface area (Å²) in [6.07, 6.45) is 8.57. The van der Waals surface area contributed by atoms with E-state index in [2.05, 4.69) is 30.5 Å². The molecule has 0 saturated heterocycles. The molecule has 30 heavy (non-hydrogen) atoms. The first-order valence-corrected chi connectivity index (χ1v) is 10.2. The molecule has 0 spiro atoms. The van der Waals surface area contributed by atoms with Gasteiger partial charge >= 0.3 is 0 Å². The van der Waals surface area contributed by atoms with Crippen LogP contribution < -0.4 is 11.3 Å². The maximum Gasteiger partial charge on any atom is 0.152 e. The lowest BCUT2D eigenvalue weighted by Gasteiger charge is -2.31. The number of hydrazine groups is 1. The average Bonchev–Trinajstić information content (AvgIpc) is 2.73. The molecule has 4 nitrogen and oxygen atoms in total. The van der Waals surface area contributed by atoms with E-state index < -0.39 is 0 Å². The van der Waals surface area contributed by atoms with Gasteiger partial charge in [-0.1, -0.05) is 54.3 Å². The van der Waals surface area contributed by atoms with Crippen molar-refractivity contribution in [2.75, 3.05) is 0 Å². The zero-order chi connectivity index (χ0) is 19.5. The lowest BCUT2D eigenvalue weighted by atomic mass is 9.81. The van der Waals surface area contributed by atoms with Gasteiger partial charge in [-0.05, 0) is 55.7 Å². The average molecular weight is 466 g/mol. The third-order valence-corrected chi connectivity index (χ3v) is 5.78. The smallest absolute Gasteiger partial charge is 0.152 e. The number of nitrogens with zero attached hydrogens (tertiary/aromatic N) is 2. The highest BCUT2D eigenvalue weighted by molar-refractivity contribution is 6.30. The van der Waals surface area contributed by atoms with Gasteiger partial charge in [0, 0.05) is 22.4 Å². The number of nitrogens with two attached hydrogens (primary N) is 1. The van der Waals surface area contributed by atoms with E-state index in [1.807, 2.05) is 36.4 Å². The maximum absolute atomic E-state index is 5.98. The van der Waals surface area contributed by atoms with E-state index in [1.54, 1.807) is 0 Å². The van der Waals surface area contributed by atoms with Crippen LogP contribution in [0.2, 0.25) is 5.02 Å². The van der Waals surface area contributed by atoms with Crippen LogP contribution in [0.1, 0.15) is 54.2 Å². The number of aryl methyl sites for hydroxylation is 1. The molecule has 0 bridgehead atoms. The van der Waals surface area contributed by atoms with Crippen LogP contribution in [0.25, 0.3) is 23.1 Å². The van der Waals surface area contributed by atoms with Gasteiger partial charge in [0.15, 0.2) is 5.82 Å². The molecule has 1 heterocycles. The molecule has 7 heteroatoms. The van der Waals surface area contributed by atoms with Crippen molar-refractivity contribution in [2.24, 2.45) is 5.84 Å². The Morgan fingerprint density at radius 1 is 1.00 bits per heavy atom. The number of halogens is 3. The van der Waals surface area contributed by atoms with Crippen LogP contribution in [0.3, 0.4) is 0 Å². The van der Waals surface area contributed by atoms with E-state index in [-0.39, 0.29) is 30.9 Å². The minimum Gasteiger partial charge on any atom is -0.271 e. The van der Waals surface area contributed by atoms with Gasteiger partial charge in [-0.3, -0.25) is 11.3 Å². The Bertz CT molecular complexity index is 1010. The first kappa shape index (κ1) is 24.6. The summed E-state index contributed by atoms with van der Waals surface area (Å²) in [7, 11) is 0. The van der Waals surface area contributed by atoms with Crippen LogP contribution in [-0.2, 0) is 0 Å². The zero-order valence-corrected chi connectivity index (χ0v) is 19.2. The second-order valence-corrected chi connectivity index (χ2v) is 7.97. The van der Waals surface area contributed by atoms with Gasteiger partial charge in [-0.15, -0.1) is 24.8 Å². The summed E-state index contributed by atoms with van der Waals surface area (Å²) in [5.41, 5.74) is 7.39. The monoisotopic (exact) mass is 464 g/mol.